The molecule has 0 saturated carbocycles. The Labute approximate surface area is 190 Å². The van der Waals surface area contributed by atoms with Gasteiger partial charge in [-0.1, -0.05) is 64.1 Å². The number of amides is 2. The number of hydrogen-bond acceptors (Lipinski definition) is 3. The fraction of sp³-hybridized carbons (Fsp3) is 0.333. The highest BCUT2D eigenvalue weighted by atomic mass is 16.2. The molecule has 2 aliphatic heterocycles. The SMILES string of the molecule is CC.CC.Cn1cc(C2=CCN(CN3C(=O)c4ccccc4C3=O)CC2)c2ccccc21. The van der Waals surface area contributed by atoms with E-state index in [-0.39, 0.29) is 11.8 Å². The van der Waals surface area contributed by atoms with E-state index in [1.165, 1.54) is 26.9 Å². The van der Waals surface area contributed by atoms with Crippen molar-refractivity contribution < 1.29 is 9.59 Å². The van der Waals surface area contributed by atoms with Crippen LogP contribution >= 0.6 is 0 Å². The van der Waals surface area contributed by atoms with Gasteiger partial charge >= 0.3 is 0 Å². The standard InChI is InChI=1S/C23H21N3O2.2C2H6/c1-24-14-20(17-6-4-5-9-21(17)24)16-10-12-25(13-11-16)15-26-22(27)18-7-2-3-8-19(18)23(26)28;2*1-2/h2-10,14H,11-13,15H2,1H3;2*1-2H3. The minimum absolute atomic E-state index is 0.190. The third-order valence-corrected chi connectivity index (χ3v) is 5.76. The van der Waals surface area contributed by atoms with Gasteiger partial charge in [0.05, 0.1) is 17.8 Å². The fourth-order valence-electron chi connectivity index (χ4n) is 4.25. The van der Waals surface area contributed by atoms with Gasteiger partial charge in [-0.3, -0.25) is 19.4 Å². The minimum atomic E-state index is -0.190. The molecule has 1 aromatic heterocycles. The Hall–Kier alpha value is -3.18. The van der Waals surface area contributed by atoms with Crippen LogP contribution < -0.4 is 0 Å². The average molecular weight is 432 g/mol. The van der Waals surface area contributed by atoms with Crippen molar-refractivity contribution in [1.82, 2.24) is 14.4 Å². The predicted molar refractivity (Wildman–Crippen MR) is 132 cm³/mol. The molecule has 0 fully saturated rings. The van der Waals surface area contributed by atoms with Crippen LogP contribution in [0.2, 0.25) is 0 Å². The average Bonchev–Trinajstić information content (AvgIpc) is 3.32. The Morgan fingerprint density at radius 2 is 1.41 bits per heavy atom. The van der Waals surface area contributed by atoms with E-state index < -0.39 is 0 Å². The quantitative estimate of drug-likeness (QED) is 0.509. The molecular weight excluding hydrogens is 398 g/mol. The third kappa shape index (κ3) is 4.26. The van der Waals surface area contributed by atoms with Gasteiger partial charge in [0.2, 0.25) is 0 Å². The van der Waals surface area contributed by atoms with Crippen LogP contribution in [-0.4, -0.2) is 45.9 Å². The van der Waals surface area contributed by atoms with E-state index in [1.54, 1.807) is 24.3 Å². The Kier molecular flexibility index (Phi) is 7.65. The Morgan fingerprint density at radius 1 is 0.812 bits per heavy atom. The van der Waals surface area contributed by atoms with Crippen molar-refractivity contribution in [3.05, 3.63) is 77.5 Å². The number of hydrogen-bond donors (Lipinski definition) is 0. The third-order valence-electron chi connectivity index (χ3n) is 5.76. The summed E-state index contributed by atoms with van der Waals surface area (Å²) >= 11 is 0. The van der Waals surface area contributed by atoms with Crippen LogP contribution in [0.15, 0.2) is 60.8 Å². The summed E-state index contributed by atoms with van der Waals surface area (Å²) in [7, 11) is 2.07. The van der Waals surface area contributed by atoms with Crippen LogP contribution in [0.4, 0.5) is 0 Å². The van der Waals surface area contributed by atoms with Crippen molar-refractivity contribution in [3.63, 3.8) is 0 Å². The number of aromatic nitrogens is 1. The van der Waals surface area contributed by atoms with E-state index in [9.17, 15) is 9.59 Å². The first-order valence-electron chi connectivity index (χ1n) is 11.5. The molecule has 0 radical (unpaired) electrons. The van der Waals surface area contributed by atoms with Crippen molar-refractivity contribution in [1.29, 1.82) is 0 Å². The molecule has 3 aromatic rings. The van der Waals surface area contributed by atoms with E-state index >= 15 is 0 Å². The molecular formula is C27H33N3O2. The number of fused-ring (bicyclic) bond motifs is 2. The molecule has 32 heavy (non-hydrogen) atoms. The molecule has 168 valence electrons. The summed E-state index contributed by atoms with van der Waals surface area (Å²) in [5, 5.41) is 1.27. The van der Waals surface area contributed by atoms with Crippen molar-refractivity contribution in [2.75, 3.05) is 19.8 Å². The van der Waals surface area contributed by atoms with Gasteiger partial charge in [0, 0.05) is 42.8 Å². The van der Waals surface area contributed by atoms with E-state index in [1.807, 2.05) is 27.7 Å². The normalized spacial score (nSPS) is 15.5. The highest BCUT2D eigenvalue weighted by Crippen LogP contribution is 2.31. The zero-order valence-electron chi connectivity index (χ0n) is 19.8. The van der Waals surface area contributed by atoms with Crippen molar-refractivity contribution in [2.24, 2.45) is 7.05 Å². The van der Waals surface area contributed by atoms with E-state index in [4.69, 9.17) is 0 Å². The number of carbonyl (C=O) groups excluding carboxylic acids is 2. The zero-order chi connectivity index (χ0) is 23.3. The van der Waals surface area contributed by atoms with E-state index in [2.05, 4.69) is 53.1 Å². The molecule has 5 heteroatoms. The molecule has 0 atom stereocenters. The lowest BCUT2D eigenvalue weighted by atomic mass is 9.99. The Bertz CT molecular complexity index is 1110. The number of rotatable bonds is 3. The molecule has 0 aliphatic carbocycles. The lowest BCUT2D eigenvalue weighted by Crippen LogP contribution is -2.42. The topological polar surface area (TPSA) is 45.5 Å². The highest BCUT2D eigenvalue weighted by molar-refractivity contribution is 6.21. The van der Waals surface area contributed by atoms with E-state index in [0.717, 1.165) is 19.5 Å². The van der Waals surface area contributed by atoms with Gasteiger partial charge < -0.3 is 4.57 Å². The molecule has 0 unspecified atom stereocenters. The summed E-state index contributed by atoms with van der Waals surface area (Å²) in [5.41, 5.74) is 4.86. The molecule has 5 nitrogen and oxygen atoms in total. The molecule has 0 bridgehead atoms. The van der Waals surface area contributed by atoms with Gasteiger partial charge in [0.15, 0.2) is 0 Å². The highest BCUT2D eigenvalue weighted by Gasteiger charge is 2.36. The molecule has 0 saturated heterocycles. The van der Waals surface area contributed by atoms with Gasteiger partial charge in [-0.05, 0) is 30.2 Å². The van der Waals surface area contributed by atoms with Crippen LogP contribution in [0.25, 0.3) is 16.5 Å². The Balaban J connectivity index is 0.000000686. The smallest absolute Gasteiger partial charge is 0.262 e. The monoisotopic (exact) mass is 431 g/mol. The molecule has 2 aliphatic rings. The first kappa shape index (κ1) is 23.5. The van der Waals surface area contributed by atoms with Crippen LogP contribution in [0.5, 0.6) is 0 Å². The molecule has 5 rings (SSSR count). The van der Waals surface area contributed by atoms with Gasteiger partial charge in [0.25, 0.3) is 11.8 Å². The second-order valence-corrected chi connectivity index (χ2v) is 7.45. The summed E-state index contributed by atoms with van der Waals surface area (Å²) in [6, 6.07) is 15.5. The Morgan fingerprint density at radius 3 is 2.00 bits per heavy atom. The van der Waals surface area contributed by atoms with Crippen LogP contribution in [0, 0.1) is 0 Å². The van der Waals surface area contributed by atoms with Crippen molar-refractivity contribution >= 4 is 28.3 Å². The molecule has 2 amide bonds. The summed E-state index contributed by atoms with van der Waals surface area (Å²) in [4.78, 5) is 28.7. The number of benzene rings is 2. The van der Waals surface area contributed by atoms with Gasteiger partial charge in [-0.25, -0.2) is 0 Å². The number of para-hydroxylation sites is 1. The number of carbonyl (C=O) groups is 2. The lowest BCUT2D eigenvalue weighted by Gasteiger charge is -2.29. The maximum absolute atomic E-state index is 12.6. The number of nitrogens with zero attached hydrogens (tertiary/aromatic N) is 3. The summed E-state index contributed by atoms with van der Waals surface area (Å²) in [5.74, 6) is -0.381. The zero-order valence-corrected chi connectivity index (χ0v) is 19.8. The summed E-state index contributed by atoms with van der Waals surface area (Å²) in [6.45, 7) is 9.89. The van der Waals surface area contributed by atoms with Gasteiger partial charge in [0.1, 0.15) is 0 Å². The van der Waals surface area contributed by atoms with Crippen LogP contribution in [-0.2, 0) is 7.05 Å². The summed E-state index contributed by atoms with van der Waals surface area (Å²) < 4.78 is 2.16. The predicted octanol–water partition coefficient (Wildman–Crippen LogP) is 5.57. The minimum Gasteiger partial charge on any atom is -0.350 e. The maximum Gasteiger partial charge on any atom is 0.262 e. The van der Waals surface area contributed by atoms with Crippen LogP contribution in [0.1, 0.15) is 60.4 Å². The van der Waals surface area contributed by atoms with Gasteiger partial charge in [-0.15, -0.1) is 0 Å². The number of aryl methyl sites for hydroxylation is 1. The fourth-order valence-corrected chi connectivity index (χ4v) is 4.25. The molecule has 2 aromatic carbocycles. The maximum atomic E-state index is 12.6. The van der Waals surface area contributed by atoms with Gasteiger partial charge in [-0.2, -0.15) is 0 Å². The second-order valence-electron chi connectivity index (χ2n) is 7.45. The first-order valence-corrected chi connectivity index (χ1v) is 11.5. The lowest BCUT2D eigenvalue weighted by molar-refractivity contribution is 0.0552. The van der Waals surface area contributed by atoms with Crippen molar-refractivity contribution in [2.45, 2.75) is 34.1 Å². The van der Waals surface area contributed by atoms with E-state index in [0.29, 0.717) is 17.8 Å². The second kappa shape index (κ2) is 10.4. The molecule has 3 heterocycles. The van der Waals surface area contributed by atoms with Crippen LogP contribution in [0.3, 0.4) is 0 Å². The van der Waals surface area contributed by atoms with Crippen molar-refractivity contribution in [3.8, 4) is 0 Å². The molecule has 0 N–H and O–H groups in total. The first-order chi connectivity index (χ1) is 15.6. The molecule has 0 spiro atoms. The number of imide groups is 1. The summed E-state index contributed by atoms with van der Waals surface area (Å²) in [6.07, 6.45) is 5.32. The largest absolute Gasteiger partial charge is 0.350 e.